The van der Waals surface area contributed by atoms with Crippen LogP contribution < -0.4 is 21.7 Å². The zero-order valence-corrected chi connectivity index (χ0v) is 16.8. The fraction of sp³-hybridized carbons (Fsp3) is 0.947. The number of carbonyl (C=O) groups excluding carboxylic acids is 1. The monoisotopic (exact) mass is 358 g/mol. The minimum atomic E-state index is -0.689. The molecule has 0 aliphatic rings. The third-order valence-corrected chi connectivity index (χ3v) is 4.50. The van der Waals surface area contributed by atoms with Crippen molar-refractivity contribution in [3.8, 4) is 0 Å². The minimum Gasteiger partial charge on any atom is -0.450 e. The summed E-state index contributed by atoms with van der Waals surface area (Å²) in [5, 5.41) is 10.8. The fourth-order valence-electron chi connectivity index (χ4n) is 2.79. The summed E-state index contributed by atoms with van der Waals surface area (Å²) in [7, 11) is 0. The lowest BCUT2D eigenvalue weighted by Crippen LogP contribution is -2.50. The second kappa shape index (κ2) is 16.6. The van der Waals surface area contributed by atoms with Gasteiger partial charge in [-0.1, -0.05) is 40.0 Å². The molecule has 0 fully saturated rings. The van der Waals surface area contributed by atoms with E-state index < -0.39 is 6.09 Å². The molecule has 0 aromatic rings. The molecule has 0 saturated heterocycles. The maximum atomic E-state index is 10.9. The van der Waals surface area contributed by atoms with Crippen molar-refractivity contribution >= 4 is 6.09 Å². The van der Waals surface area contributed by atoms with Crippen molar-refractivity contribution < 1.29 is 9.53 Å². The van der Waals surface area contributed by atoms with E-state index in [2.05, 4.69) is 36.7 Å². The molecule has 0 spiro atoms. The number of hydrogen-bond donors (Lipinski definition) is 4. The first-order valence-electron chi connectivity index (χ1n) is 10.1. The summed E-state index contributed by atoms with van der Waals surface area (Å²) < 4.78 is 5.04. The highest BCUT2D eigenvalue weighted by Crippen LogP contribution is 2.20. The van der Waals surface area contributed by atoms with Crippen LogP contribution in [-0.2, 0) is 4.74 Å². The molecule has 0 rings (SSSR count). The average Bonchev–Trinajstić information content (AvgIpc) is 2.59. The zero-order chi connectivity index (χ0) is 18.8. The van der Waals surface area contributed by atoms with Crippen molar-refractivity contribution in [1.82, 2.24) is 16.0 Å². The highest BCUT2D eigenvalue weighted by molar-refractivity contribution is 5.64. The highest BCUT2D eigenvalue weighted by atomic mass is 16.5. The molecule has 0 aromatic carbocycles. The molecule has 1 amide bonds. The van der Waals surface area contributed by atoms with Crippen LogP contribution in [0, 0.1) is 5.41 Å². The van der Waals surface area contributed by atoms with E-state index in [1.165, 1.54) is 38.5 Å². The molecule has 0 radical (unpaired) electrons. The normalized spacial score (nSPS) is 11.6. The van der Waals surface area contributed by atoms with Crippen LogP contribution >= 0.6 is 0 Å². The summed E-state index contributed by atoms with van der Waals surface area (Å²) in [5.41, 5.74) is 5.15. The van der Waals surface area contributed by atoms with E-state index >= 15 is 0 Å². The Balaban J connectivity index is 4.70. The molecule has 25 heavy (non-hydrogen) atoms. The average molecular weight is 359 g/mol. The lowest BCUT2D eigenvalue weighted by atomic mass is 9.83. The number of ether oxygens (including phenoxy) is 1. The first-order chi connectivity index (χ1) is 12.1. The Morgan fingerprint density at radius 1 is 0.840 bits per heavy atom. The van der Waals surface area contributed by atoms with Gasteiger partial charge in [-0.15, -0.1) is 0 Å². The van der Waals surface area contributed by atoms with Crippen molar-refractivity contribution in [2.45, 2.75) is 65.7 Å². The molecule has 0 saturated carbocycles. The maximum Gasteiger partial charge on any atom is 0.404 e. The van der Waals surface area contributed by atoms with Crippen LogP contribution in [0.1, 0.15) is 65.7 Å². The van der Waals surface area contributed by atoms with E-state index in [-0.39, 0.29) is 5.41 Å². The standard InChI is InChI=1S/C19H42N4O2/c1-4-7-11-21-15-19(10-14-25-18(20)24,16-22-12-8-5-2)17-23-13-9-6-3/h21-23H,4-17H2,1-3H3,(H2,20,24). The van der Waals surface area contributed by atoms with Crippen LogP contribution in [-0.4, -0.2) is 52.0 Å². The van der Waals surface area contributed by atoms with Crippen LogP contribution in [0.4, 0.5) is 4.79 Å². The Morgan fingerprint density at radius 3 is 1.56 bits per heavy atom. The zero-order valence-electron chi connectivity index (χ0n) is 16.8. The topological polar surface area (TPSA) is 88.4 Å². The van der Waals surface area contributed by atoms with Gasteiger partial charge in [0.15, 0.2) is 0 Å². The lowest BCUT2D eigenvalue weighted by molar-refractivity contribution is 0.123. The summed E-state index contributed by atoms with van der Waals surface area (Å²) in [5.74, 6) is 0. The van der Waals surface area contributed by atoms with E-state index in [9.17, 15) is 4.79 Å². The van der Waals surface area contributed by atoms with E-state index in [0.29, 0.717) is 6.61 Å². The van der Waals surface area contributed by atoms with Gasteiger partial charge < -0.3 is 26.4 Å². The Morgan fingerprint density at radius 2 is 1.24 bits per heavy atom. The van der Waals surface area contributed by atoms with Crippen molar-refractivity contribution in [3.05, 3.63) is 0 Å². The van der Waals surface area contributed by atoms with Crippen molar-refractivity contribution in [2.24, 2.45) is 11.1 Å². The number of amides is 1. The molecule has 0 aliphatic carbocycles. The third-order valence-electron chi connectivity index (χ3n) is 4.50. The smallest absolute Gasteiger partial charge is 0.404 e. The Labute approximate surface area is 155 Å². The van der Waals surface area contributed by atoms with Crippen molar-refractivity contribution in [3.63, 3.8) is 0 Å². The van der Waals surface area contributed by atoms with Gasteiger partial charge in [0, 0.05) is 25.0 Å². The molecular formula is C19H42N4O2. The predicted molar refractivity (Wildman–Crippen MR) is 106 cm³/mol. The molecular weight excluding hydrogens is 316 g/mol. The molecule has 5 N–H and O–H groups in total. The largest absolute Gasteiger partial charge is 0.450 e. The van der Waals surface area contributed by atoms with Crippen LogP contribution in [0.25, 0.3) is 0 Å². The number of carbonyl (C=O) groups is 1. The first kappa shape index (κ1) is 24.1. The lowest BCUT2D eigenvalue weighted by Gasteiger charge is -2.35. The minimum absolute atomic E-state index is 0.0185. The van der Waals surface area contributed by atoms with Gasteiger partial charge in [-0.3, -0.25) is 0 Å². The van der Waals surface area contributed by atoms with Gasteiger partial charge in [-0.05, 0) is 45.3 Å². The summed E-state index contributed by atoms with van der Waals surface area (Å²) in [6.45, 7) is 12.8. The van der Waals surface area contributed by atoms with Crippen LogP contribution in [0.5, 0.6) is 0 Å². The number of rotatable bonds is 18. The third kappa shape index (κ3) is 14.0. The number of unbranched alkanes of at least 4 members (excludes halogenated alkanes) is 3. The number of primary amides is 1. The van der Waals surface area contributed by atoms with Gasteiger partial charge in [0.25, 0.3) is 0 Å². The van der Waals surface area contributed by atoms with E-state index in [4.69, 9.17) is 10.5 Å². The molecule has 0 aromatic heterocycles. The number of nitrogens with two attached hydrogens (primary N) is 1. The molecule has 0 bridgehead atoms. The summed E-state index contributed by atoms with van der Waals surface area (Å²) in [6.07, 6.45) is 7.22. The van der Waals surface area contributed by atoms with Gasteiger partial charge in [-0.2, -0.15) is 0 Å². The molecule has 0 heterocycles. The Hall–Kier alpha value is -0.850. The summed E-state index contributed by atoms with van der Waals surface area (Å²) in [4.78, 5) is 10.9. The quantitative estimate of drug-likeness (QED) is 0.283. The highest BCUT2D eigenvalue weighted by Gasteiger charge is 2.29. The van der Waals surface area contributed by atoms with Gasteiger partial charge in [0.1, 0.15) is 0 Å². The van der Waals surface area contributed by atoms with Gasteiger partial charge in [-0.25, -0.2) is 4.79 Å². The first-order valence-corrected chi connectivity index (χ1v) is 10.1. The van der Waals surface area contributed by atoms with Gasteiger partial charge in [0.05, 0.1) is 6.61 Å². The van der Waals surface area contributed by atoms with Crippen LogP contribution in [0.15, 0.2) is 0 Å². The maximum absolute atomic E-state index is 10.9. The van der Waals surface area contributed by atoms with Crippen molar-refractivity contribution in [2.75, 3.05) is 45.9 Å². The van der Waals surface area contributed by atoms with Gasteiger partial charge in [0.2, 0.25) is 0 Å². The molecule has 0 unspecified atom stereocenters. The Kier molecular flexibility index (Phi) is 16.0. The fourth-order valence-corrected chi connectivity index (χ4v) is 2.79. The van der Waals surface area contributed by atoms with Crippen LogP contribution in [0.3, 0.4) is 0 Å². The van der Waals surface area contributed by atoms with E-state index in [0.717, 1.165) is 45.7 Å². The predicted octanol–water partition coefficient (Wildman–Crippen LogP) is 2.63. The Bertz CT molecular complexity index is 283. The molecule has 6 heteroatoms. The van der Waals surface area contributed by atoms with E-state index in [1.807, 2.05) is 0 Å². The molecule has 150 valence electrons. The van der Waals surface area contributed by atoms with Gasteiger partial charge >= 0.3 is 6.09 Å². The van der Waals surface area contributed by atoms with E-state index in [1.54, 1.807) is 0 Å². The molecule has 0 atom stereocenters. The molecule has 6 nitrogen and oxygen atoms in total. The number of hydrogen-bond acceptors (Lipinski definition) is 5. The summed E-state index contributed by atoms with van der Waals surface area (Å²) >= 11 is 0. The second-order valence-corrected chi connectivity index (χ2v) is 7.01. The SMILES string of the molecule is CCCCNCC(CCOC(N)=O)(CNCCCC)CNCCCC. The summed E-state index contributed by atoms with van der Waals surface area (Å²) in [6, 6.07) is 0. The molecule has 0 aliphatic heterocycles. The second-order valence-electron chi connectivity index (χ2n) is 7.01. The van der Waals surface area contributed by atoms with Crippen LogP contribution in [0.2, 0.25) is 0 Å². The number of nitrogens with one attached hydrogen (secondary N) is 3. The van der Waals surface area contributed by atoms with Crippen molar-refractivity contribution in [1.29, 1.82) is 0 Å².